The zero-order valence-electron chi connectivity index (χ0n) is 11.4. The first kappa shape index (κ1) is 15.4. The fraction of sp³-hybridized carbons (Fsp3) is 0.923. The minimum atomic E-state index is -0.729. The average molecular weight is 258 g/mol. The van der Waals surface area contributed by atoms with Crippen molar-refractivity contribution >= 4 is 5.91 Å². The third kappa shape index (κ3) is 4.92. The summed E-state index contributed by atoms with van der Waals surface area (Å²) in [4.78, 5) is 11.7. The van der Waals surface area contributed by atoms with Crippen molar-refractivity contribution in [3.63, 3.8) is 0 Å². The second-order valence-corrected chi connectivity index (χ2v) is 5.48. The number of nitrogens with one attached hydrogen (secondary N) is 1. The van der Waals surface area contributed by atoms with Crippen molar-refractivity contribution in [1.82, 2.24) is 5.32 Å². The topological polar surface area (TPSA) is 84.6 Å². The molecule has 0 bridgehead atoms. The van der Waals surface area contributed by atoms with Crippen LogP contribution in [0.2, 0.25) is 0 Å². The van der Waals surface area contributed by atoms with Gasteiger partial charge >= 0.3 is 0 Å². The molecule has 106 valence electrons. The van der Waals surface area contributed by atoms with E-state index in [0.29, 0.717) is 19.0 Å². The molecule has 1 amide bonds. The van der Waals surface area contributed by atoms with E-state index < -0.39 is 5.60 Å². The van der Waals surface area contributed by atoms with E-state index in [0.717, 1.165) is 25.7 Å². The first-order valence-corrected chi connectivity index (χ1v) is 6.71. The number of nitrogens with two attached hydrogens (primary N) is 1. The predicted octanol–water partition coefficient (Wildman–Crippen LogP) is 0.408. The lowest BCUT2D eigenvalue weighted by atomic mass is 9.79. The van der Waals surface area contributed by atoms with Crippen molar-refractivity contribution in [2.24, 2.45) is 11.7 Å². The van der Waals surface area contributed by atoms with Crippen molar-refractivity contribution in [3.8, 4) is 0 Å². The summed E-state index contributed by atoms with van der Waals surface area (Å²) in [6.45, 7) is 2.86. The summed E-state index contributed by atoms with van der Waals surface area (Å²) in [7, 11) is 1.54. The van der Waals surface area contributed by atoms with Gasteiger partial charge in [0.2, 0.25) is 5.91 Å². The molecular weight excluding hydrogens is 232 g/mol. The van der Waals surface area contributed by atoms with Gasteiger partial charge in [0.1, 0.15) is 0 Å². The van der Waals surface area contributed by atoms with Crippen LogP contribution in [-0.4, -0.2) is 42.9 Å². The molecule has 1 aliphatic carbocycles. The lowest BCUT2D eigenvalue weighted by Crippen LogP contribution is -2.46. The molecule has 0 heterocycles. The highest BCUT2D eigenvalue weighted by atomic mass is 16.5. The molecular formula is C13H26N2O3. The Morgan fingerprint density at radius 2 is 2.17 bits per heavy atom. The molecule has 0 spiro atoms. The molecule has 0 aliphatic heterocycles. The largest absolute Gasteiger partial charge is 0.388 e. The van der Waals surface area contributed by atoms with Crippen LogP contribution in [0.3, 0.4) is 0 Å². The van der Waals surface area contributed by atoms with Gasteiger partial charge in [-0.15, -0.1) is 0 Å². The summed E-state index contributed by atoms with van der Waals surface area (Å²) in [6, 6.07) is 0. The van der Waals surface area contributed by atoms with E-state index in [-0.39, 0.29) is 18.4 Å². The minimum absolute atomic E-state index is 0.112. The van der Waals surface area contributed by atoms with Crippen molar-refractivity contribution in [2.45, 2.75) is 50.7 Å². The van der Waals surface area contributed by atoms with E-state index in [2.05, 4.69) is 12.2 Å². The SMILES string of the molecule is COC(CN)CC(=O)NCC1(O)CCC(C)CC1. The van der Waals surface area contributed by atoms with Crippen LogP contribution >= 0.6 is 0 Å². The summed E-state index contributed by atoms with van der Waals surface area (Å²) in [5.41, 5.74) is 4.73. The number of carbonyl (C=O) groups is 1. The van der Waals surface area contributed by atoms with Gasteiger partial charge in [-0.3, -0.25) is 4.79 Å². The first-order chi connectivity index (χ1) is 8.49. The van der Waals surface area contributed by atoms with E-state index in [1.54, 1.807) is 7.11 Å². The maximum atomic E-state index is 11.7. The molecule has 0 aromatic heterocycles. The maximum Gasteiger partial charge on any atom is 0.222 e. The number of hydrogen-bond acceptors (Lipinski definition) is 4. The number of ether oxygens (including phenoxy) is 1. The molecule has 4 N–H and O–H groups in total. The van der Waals surface area contributed by atoms with E-state index in [4.69, 9.17) is 10.5 Å². The van der Waals surface area contributed by atoms with Crippen LogP contribution in [0.1, 0.15) is 39.0 Å². The Hall–Kier alpha value is -0.650. The van der Waals surface area contributed by atoms with Gasteiger partial charge in [-0.25, -0.2) is 0 Å². The van der Waals surface area contributed by atoms with Crippen LogP contribution in [0, 0.1) is 5.92 Å². The second kappa shape index (κ2) is 7.07. The molecule has 1 unspecified atom stereocenters. The molecule has 0 aromatic rings. The second-order valence-electron chi connectivity index (χ2n) is 5.48. The zero-order valence-corrected chi connectivity index (χ0v) is 11.4. The summed E-state index contributed by atoms with van der Waals surface area (Å²) < 4.78 is 5.05. The fourth-order valence-corrected chi connectivity index (χ4v) is 2.28. The summed E-state index contributed by atoms with van der Waals surface area (Å²) >= 11 is 0. The lowest BCUT2D eigenvalue weighted by Gasteiger charge is -2.35. The third-order valence-electron chi connectivity index (χ3n) is 3.83. The van der Waals surface area contributed by atoms with E-state index in [9.17, 15) is 9.90 Å². The van der Waals surface area contributed by atoms with Gasteiger partial charge in [-0.2, -0.15) is 0 Å². The van der Waals surface area contributed by atoms with Crippen LogP contribution in [0.4, 0.5) is 0 Å². The van der Waals surface area contributed by atoms with Crippen LogP contribution in [0.5, 0.6) is 0 Å². The smallest absolute Gasteiger partial charge is 0.222 e. The van der Waals surface area contributed by atoms with E-state index >= 15 is 0 Å². The van der Waals surface area contributed by atoms with Gasteiger partial charge in [0.15, 0.2) is 0 Å². The van der Waals surface area contributed by atoms with E-state index in [1.807, 2.05) is 0 Å². The monoisotopic (exact) mass is 258 g/mol. The van der Waals surface area contributed by atoms with Gasteiger partial charge in [0, 0.05) is 20.2 Å². The number of aliphatic hydroxyl groups is 1. The maximum absolute atomic E-state index is 11.7. The Kier molecular flexibility index (Phi) is 6.05. The summed E-state index contributed by atoms with van der Waals surface area (Å²) in [6.07, 6.45) is 3.58. The molecule has 0 aromatic carbocycles. The highest BCUT2D eigenvalue weighted by Crippen LogP contribution is 2.31. The molecule has 1 aliphatic rings. The van der Waals surface area contributed by atoms with E-state index in [1.165, 1.54) is 0 Å². The molecule has 1 fully saturated rings. The quantitative estimate of drug-likeness (QED) is 0.644. The number of rotatable bonds is 6. The predicted molar refractivity (Wildman–Crippen MR) is 70.1 cm³/mol. The lowest BCUT2D eigenvalue weighted by molar-refractivity contribution is -0.125. The Labute approximate surface area is 109 Å². The molecule has 0 saturated heterocycles. The zero-order chi connectivity index (χ0) is 13.6. The van der Waals surface area contributed by atoms with Crippen LogP contribution in [-0.2, 0) is 9.53 Å². The highest BCUT2D eigenvalue weighted by molar-refractivity contribution is 5.76. The number of hydrogen-bond donors (Lipinski definition) is 3. The van der Waals surface area contributed by atoms with Crippen molar-refractivity contribution in [1.29, 1.82) is 0 Å². The summed E-state index contributed by atoms with van der Waals surface area (Å²) in [5.74, 6) is 0.565. The molecule has 1 saturated carbocycles. The van der Waals surface area contributed by atoms with Crippen molar-refractivity contribution < 1.29 is 14.6 Å². The molecule has 18 heavy (non-hydrogen) atoms. The van der Waals surface area contributed by atoms with Crippen molar-refractivity contribution in [2.75, 3.05) is 20.2 Å². The van der Waals surface area contributed by atoms with Gasteiger partial charge in [0.05, 0.1) is 18.1 Å². The number of amides is 1. The Bertz CT molecular complexity index is 259. The molecule has 1 atom stereocenters. The molecule has 5 nitrogen and oxygen atoms in total. The standard InChI is InChI=1S/C13H26N2O3/c1-10-3-5-13(17,6-4-10)9-15-12(16)7-11(8-14)18-2/h10-11,17H,3-9,14H2,1-2H3,(H,15,16). The summed E-state index contributed by atoms with van der Waals surface area (Å²) in [5, 5.41) is 13.1. The van der Waals surface area contributed by atoms with Crippen molar-refractivity contribution in [3.05, 3.63) is 0 Å². The van der Waals surface area contributed by atoms with Crippen LogP contribution < -0.4 is 11.1 Å². The van der Waals surface area contributed by atoms with Gasteiger partial charge in [0.25, 0.3) is 0 Å². The molecule has 0 radical (unpaired) electrons. The normalized spacial score (nSPS) is 29.9. The average Bonchev–Trinajstić information content (AvgIpc) is 2.37. The Morgan fingerprint density at radius 3 is 2.67 bits per heavy atom. The molecule has 1 rings (SSSR count). The fourth-order valence-electron chi connectivity index (χ4n) is 2.28. The highest BCUT2D eigenvalue weighted by Gasteiger charge is 2.32. The Balaban J connectivity index is 2.29. The van der Waals surface area contributed by atoms with Crippen LogP contribution in [0.15, 0.2) is 0 Å². The first-order valence-electron chi connectivity index (χ1n) is 6.71. The van der Waals surface area contributed by atoms with Gasteiger partial charge < -0.3 is 20.9 Å². The van der Waals surface area contributed by atoms with Gasteiger partial charge in [-0.1, -0.05) is 6.92 Å². The minimum Gasteiger partial charge on any atom is -0.388 e. The van der Waals surface area contributed by atoms with Gasteiger partial charge in [-0.05, 0) is 31.6 Å². The third-order valence-corrected chi connectivity index (χ3v) is 3.83. The number of methoxy groups -OCH3 is 1. The molecule has 5 heteroatoms. The Morgan fingerprint density at radius 1 is 1.56 bits per heavy atom. The van der Waals surface area contributed by atoms with Crippen LogP contribution in [0.25, 0.3) is 0 Å². The number of carbonyl (C=O) groups excluding carboxylic acids is 1.